The zero-order valence-electron chi connectivity index (χ0n) is 11.2. The Labute approximate surface area is 116 Å². The second-order valence-corrected chi connectivity index (χ2v) is 4.13. The maximum Gasteiger partial charge on any atom is 0.338 e. The molecule has 0 saturated carbocycles. The number of ether oxygens (including phenoxy) is 1. The van der Waals surface area contributed by atoms with Crippen LogP contribution in [-0.4, -0.2) is 23.6 Å². The first-order chi connectivity index (χ1) is 9.43. The van der Waals surface area contributed by atoms with E-state index in [0.29, 0.717) is 11.3 Å². The molecule has 0 bridgehead atoms. The van der Waals surface area contributed by atoms with E-state index in [1.807, 2.05) is 0 Å². The molecule has 0 aliphatic carbocycles. The lowest BCUT2D eigenvalue weighted by Crippen LogP contribution is -2.21. The number of nitriles is 1. The Morgan fingerprint density at radius 3 is 2.50 bits per heavy atom. The first-order valence-electron chi connectivity index (χ1n) is 5.83. The number of carbonyl (C=O) groups excluding carboxylic acids is 1. The lowest BCUT2D eigenvalue weighted by molar-refractivity contribution is 0.0378. The summed E-state index contributed by atoms with van der Waals surface area (Å²) in [7, 11) is 0. The molecule has 0 unspecified atom stereocenters. The summed E-state index contributed by atoms with van der Waals surface area (Å²) in [6, 6.07) is 8.04. The van der Waals surface area contributed by atoms with Crippen LogP contribution in [0.5, 0.6) is 0 Å². The van der Waals surface area contributed by atoms with Gasteiger partial charge in [-0.2, -0.15) is 10.4 Å². The Morgan fingerprint density at radius 2 is 2.05 bits per heavy atom. The normalized spacial score (nSPS) is 10.8. The highest BCUT2D eigenvalue weighted by atomic mass is 16.5. The summed E-state index contributed by atoms with van der Waals surface area (Å²) in [5, 5.41) is 19.4. The Hall–Kier alpha value is -2.88. The molecule has 1 rings (SSSR count). The van der Waals surface area contributed by atoms with E-state index >= 15 is 0 Å². The third-order valence-electron chi connectivity index (χ3n) is 2.12. The summed E-state index contributed by atoms with van der Waals surface area (Å²) in [4.78, 5) is 11.6. The van der Waals surface area contributed by atoms with Crippen molar-refractivity contribution in [1.82, 2.24) is 0 Å². The van der Waals surface area contributed by atoms with Gasteiger partial charge < -0.3 is 10.5 Å². The number of benzene rings is 1. The van der Waals surface area contributed by atoms with Crippen LogP contribution in [-0.2, 0) is 4.74 Å². The number of esters is 1. The van der Waals surface area contributed by atoms with E-state index in [0.717, 1.165) is 0 Å². The van der Waals surface area contributed by atoms with Gasteiger partial charge in [0.1, 0.15) is 6.07 Å². The van der Waals surface area contributed by atoms with Crippen LogP contribution in [0.1, 0.15) is 24.2 Å². The standard InChI is InChI=1S/C13H15N5O2/c1-8(2)20-13(19)9-3-5-10(6-4-9)17-18-11(7-14)12(15)16/h3-6,8,17H,1-2H3,(H3,15,16)/b18-11+. The van der Waals surface area contributed by atoms with Crippen LogP contribution in [0.3, 0.4) is 0 Å². The quantitative estimate of drug-likeness (QED) is 0.324. The smallest absolute Gasteiger partial charge is 0.338 e. The van der Waals surface area contributed by atoms with Gasteiger partial charge in [0.05, 0.1) is 17.4 Å². The van der Waals surface area contributed by atoms with Crippen LogP contribution in [0.4, 0.5) is 5.69 Å². The number of anilines is 1. The number of nitrogens with one attached hydrogen (secondary N) is 2. The predicted octanol–water partition coefficient (Wildman–Crippen LogP) is 1.48. The maximum atomic E-state index is 11.6. The zero-order chi connectivity index (χ0) is 15.1. The fourth-order valence-corrected chi connectivity index (χ4v) is 1.23. The van der Waals surface area contributed by atoms with E-state index in [2.05, 4.69) is 10.5 Å². The van der Waals surface area contributed by atoms with Crippen LogP contribution in [0.25, 0.3) is 0 Å². The molecule has 7 heteroatoms. The van der Waals surface area contributed by atoms with Gasteiger partial charge in [-0.1, -0.05) is 0 Å². The van der Waals surface area contributed by atoms with Crippen molar-refractivity contribution in [3.8, 4) is 6.07 Å². The van der Waals surface area contributed by atoms with Gasteiger partial charge in [-0.25, -0.2) is 4.79 Å². The van der Waals surface area contributed by atoms with Crippen molar-refractivity contribution in [3.05, 3.63) is 29.8 Å². The minimum absolute atomic E-state index is 0.182. The number of hydrogen-bond donors (Lipinski definition) is 3. The van der Waals surface area contributed by atoms with Crippen molar-refractivity contribution in [1.29, 1.82) is 10.7 Å². The summed E-state index contributed by atoms with van der Waals surface area (Å²) >= 11 is 0. The summed E-state index contributed by atoms with van der Waals surface area (Å²) in [6.45, 7) is 3.54. The minimum atomic E-state index is -0.419. The number of carbonyl (C=O) groups is 1. The second-order valence-electron chi connectivity index (χ2n) is 4.13. The van der Waals surface area contributed by atoms with Crippen LogP contribution < -0.4 is 11.2 Å². The fourth-order valence-electron chi connectivity index (χ4n) is 1.23. The summed E-state index contributed by atoms with van der Waals surface area (Å²) in [5.74, 6) is -0.825. The average molecular weight is 273 g/mol. The van der Waals surface area contributed by atoms with Gasteiger partial charge in [-0.05, 0) is 38.1 Å². The lowest BCUT2D eigenvalue weighted by Gasteiger charge is -2.08. The zero-order valence-corrected chi connectivity index (χ0v) is 11.2. The van der Waals surface area contributed by atoms with E-state index in [-0.39, 0.29) is 11.8 Å². The van der Waals surface area contributed by atoms with Gasteiger partial charge >= 0.3 is 5.97 Å². The molecule has 0 aliphatic rings. The molecule has 20 heavy (non-hydrogen) atoms. The number of hydrogen-bond acceptors (Lipinski definition) is 6. The van der Waals surface area contributed by atoms with Crippen molar-refractivity contribution in [3.63, 3.8) is 0 Å². The molecule has 0 aromatic heterocycles. The van der Waals surface area contributed by atoms with E-state index < -0.39 is 11.8 Å². The first kappa shape index (κ1) is 15.2. The molecule has 0 fully saturated rings. The topological polar surface area (TPSA) is 124 Å². The second kappa shape index (κ2) is 6.89. The number of nitrogens with two attached hydrogens (primary N) is 1. The Balaban J connectivity index is 2.75. The molecule has 104 valence electrons. The number of rotatable bonds is 5. The number of hydrazone groups is 1. The molecule has 0 spiro atoms. The lowest BCUT2D eigenvalue weighted by atomic mass is 10.2. The van der Waals surface area contributed by atoms with Gasteiger partial charge in [-0.15, -0.1) is 0 Å². The Bertz CT molecular complexity index is 569. The fraction of sp³-hybridized carbons (Fsp3) is 0.231. The predicted molar refractivity (Wildman–Crippen MR) is 75.6 cm³/mol. The van der Waals surface area contributed by atoms with E-state index in [9.17, 15) is 4.79 Å². The highest BCUT2D eigenvalue weighted by Crippen LogP contribution is 2.11. The van der Waals surface area contributed by atoms with Gasteiger partial charge in [0.2, 0.25) is 5.71 Å². The Kier molecular flexibility index (Phi) is 5.23. The van der Waals surface area contributed by atoms with Crippen LogP contribution in [0.2, 0.25) is 0 Å². The van der Waals surface area contributed by atoms with E-state index in [1.165, 1.54) is 0 Å². The molecule has 4 N–H and O–H groups in total. The molecule has 0 aliphatic heterocycles. The van der Waals surface area contributed by atoms with Crippen molar-refractivity contribution in [2.45, 2.75) is 20.0 Å². The Morgan fingerprint density at radius 1 is 1.45 bits per heavy atom. The van der Waals surface area contributed by atoms with Crippen molar-refractivity contribution in [2.75, 3.05) is 5.43 Å². The summed E-state index contributed by atoms with van der Waals surface area (Å²) in [5.41, 5.74) is 8.48. The molecule has 0 heterocycles. The third kappa shape index (κ3) is 4.42. The van der Waals surface area contributed by atoms with E-state index in [1.54, 1.807) is 44.2 Å². The minimum Gasteiger partial charge on any atom is -0.459 e. The number of nitrogens with zero attached hydrogens (tertiary/aromatic N) is 2. The highest BCUT2D eigenvalue weighted by Gasteiger charge is 2.08. The molecule has 0 atom stereocenters. The molecule has 1 aromatic carbocycles. The third-order valence-corrected chi connectivity index (χ3v) is 2.12. The van der Waals surface area contributed by atoms with Crippen LogP contribution in [0.15, 0.2) is 29.4 Å². The van der Waals surface area contributed by atoms with Crippen molar-refractivity contribution >= 4 is 23.2 Å². The summed E-state index contributed by atoms with van der Waals surface area (Å²) < 4.78 is 5.05. The maximum absolute atomic E-state index is 11.6. The van der Waals surface area contributed by atoms with Crippen LogP contribution in [0, 0.1) is 16.7 Å². The molecule has 0 saturated heterocycles. The molecule has 1 aromatic rings. The van der Waals surface area contributed by atoms with E-state index in [4.69, 9.17) is 21.1 Å². The average Bonchev–Trinajstić information content (AvgIpc) is 2.39. The molecule has 0 radical (unpaired) electrons. The van der Waals surface area contributed by atoms with Crippen LogP contribution >= 0.6 is 0 Å². The highest BCUT2D eigenvalue weighted by molar-refractivity contribution is 6.45. The van der Waals surface area contributed by atoms with Gasteiger partial charge in [-0.3, -0.25) is 10.8 Å². The SMILES string of the molecule is CC(C)OC(=O)c1ccc(N/N=C(\C#N)C(=N)N)cc1. The largest absolute Gasteiger partial charge is 0.459 e. The summed E-state index contributed by atoms with van der Waals surface area (Å²) in [6.07, 6.45) is -0.182. The molecule has 7 nitrogen and oxygen atoms in total. The number of amidine groups is 1. The van der Waals surface area contributed by atoms with Gasteiger partial charge in [0.15, 0.2) is 5.84 Å². The van der Waals surface area contributed by atoms with Gasteiger partial charge in [0.25, 0.3) is 0 Å². The monoisotopic (exact) mass is 273 g/mol. The van der Waals surface area contributed by atoms with Gasteiger partial charge in [0, 0.05) is 0 Å². The van der Waals surface area contributed by atoms with Crippen molar-refractivity contribution in [2.24, 2.45) is 10.8 Å². The molecule has 0 amide bonds. The first-order valence-corrected chi connectivity index (χ1v) is 5.83. The van der Waals surface area contributed by atoms with Crippen molar-refractivity contribution < 1.29 is 9.53 Å². The molecular weight excluding hydrogens is 258 g/mol. The molecular formula is C13H15N5O2.